The molecule has 1 aromatic carbocycles. The van der Waals surface area contributed by atoms with E-state index in [-0.39, 0.29) is 30.0 Å². The molecule has 1 N–H and O–H groups in total. The Balaban J connectivity index is 1.64. The lowest BCUT2D eigenvalue weighted by atomic mass is 9.76. The zero-order chi connectivity index (χ0) is 21.9. The topological polar surface area (TPSA) is 57.2 Å². The van der Waals surface area contributed by atoms with Crippen molar-refractivity contribution in [2.24, 2.45) is 23.7 Å². The summed E-state index contributed by atoms with van der Waals surface area (Å²) in [6, 6.07) is 7.90. The van der Waals surface area contributed by atoms with E-state index in [1.54, 1.807) is 7.11 Å². The maximum absolute atomic E-state index is 11.0. The lowest BCUT2D eigenvalue weighted by Crippen LogP contribution is -2.61. The zero-order valence-electron chi connectivity index (χ0n) is 19.2. The van der Waals surface area contributed by atoms with Gasteiger partial charge in [-0.05, 0) is 37.1 Å². The molecule has 0 saturated carbocycles. The summed E-state index contributed by atoms with van der Waals surface area (Å²) in [6.07, 6.45) is 4.68. The quantitative estimate of drug-likeness (QED) is 0.657. The van der Waals surface area contributed by atoms with Gasteiger partial charge in [-0.25, -0.2) is 0 Å². The van der Waals surface area contributed by atoms with Crippen LogP contribution in [-0.2, 0) is 20.8 Å². The lowest BCUT2D eigenvalue weighted by Gasteiger charge is -2.53. The van der Waals surface area contributed by atoms with E-state index in [2.05, 4.69) is 33.8 Å². The number of benzene rings is 1. The van der Waals surface area contributed by atoms with Crippen LogP contribution in [0.1, 0.15) is 46.6 Å². The van der Waals surface area contributed by atoms with Gasteiger partial charge in [0.15, 0.2) is 5.79 Å². The van der Waals surface area contributed by atoms with Crippen molar-refractivity contribution in [3.05, 3.63) is 42.0 Å². The molecule has 0 aromatic heterocycles. The highest BCUT2D eigenvalue weighted by Crippen LogP contribution is 2.45. The molecular weight excluding hydrogens is 380 g/mol. The summed E-state index contributed by atoms with van der Waals surface area (Å²) < 4.78 is 24.2. The molecule has 1 spiro atoms. The van der Waals surface area contributed by atoms with Crippen molar-refractivity contribution in [3.63, 3.8) is 0 Å². The highest BCUT2D eigenvalue weighted by molar-refractivity contribution is 5.26. The van der Waals surface area contributed by atoms with Crippen molar-refractivity contribution < 1.29 is 24.1 Å². The Morgan fingerprint density at radius 1 is 1.13 bits per heavy atom. The van der Waals surface area contributed by atoms with E-state index in [4.69, 9.17) is 18.9 Å². The summed E-state index contributed by atoms with van der Waals surface area (Å²) in [5.41, 5.74) is 1.10. The SMILES string of the molecule is CC[C@H]1C=C[C@]2(O[C@@H]([C@@H](C)COCc3ccc(OC)cc3)[C@@H](C)[C@@H](O)[C@@H]2C)O[C@@H]1C. The van der Waals surface area contributed by atoms with Crippen molar-refractivity contribution in [2.75, 3.05) is 13.7 Å². The molecule has 0 aliphatic carbocycles. The van der Waals surface area contributed by atoms with Crippen molar-refractivity contribution >= 4 is 0 Å². The van der Waals surface area contributed by atoms with E-state index in [0.717, 1.165) is 17.7 Å². The minimum Gasteiger partial charge on any atom is -0.497 e. The molecule has 5 heteroatoms. The fourth-order valence-corrected chi connectivity index (χ4v) is 4.75. The first-order chi connectivity index (χ1) is 14.3. The van der Waals surface area contributed by atoms with Crippen LogP contribution in [0.5, 0.6) is 5.75 Å². The maximum atomic E-state index is 11.0. The van der Waals surface area contributed by atoms with Crippen LogP contribution < -0.4 is 4.74 Å². The third-order valence-corrected chi connectivity index (χ3v) is 6.91. The van der Waals surface area contributed by atoms with Crippen LogP contribution in [0.25, 0.3) is 0 Å². The third-order valence-electron chi connectivity index (χ3n) is 6.91. The average Bonchev–Trinajstić information content (AvgIpc) is 2.75. The second kappa shape index (κ2) is 9.82. The number of aliphatic hydroxyl groups excluding tert-OH is 1. The van der Waals surface area contributed by atoms with Gasteiger partial charge in [0, 0.05) is 23.7 Å². The standard InChI is InChI=1S/C25H38O5/c1-7-21-12-13-25(29-19(21)5)18(4)23(26)17(3)24(30-25)16(2)14-28-15-20-8-10-22(27-6)11-9-20/h8-13,16-19,21,23-24,26H,7,14-15H2,1-6H3/t16-,17-,18-,19+,21-,23+,24-,25+/m0/s1. The van der Waals surface area contributed by atoms with Crippen molar-refractivity contribution in [1.29, 1.82) is 0 Å². The molecule has 30 heavy (non-hydrogen) atoms. The fraction of sp³-hybridized carbons (Fsp3) is 0.680. The zero-order valence-corrected chi connectivity index (χ0v) is 19.2. The predicted molar refractivity (Wildman–Crippen MR) is 117 cm³/mol. The maximum Gasteiger partial charge on any atom is 0.193 e. The number of methoxy groups -OCH3 is 1. The first-order valence-electron chi connectivity index (χ1n) is 11.2. The Labute approximate surface area is 181 Å². The van der Waals surface area contributed by atoms with E-state index >= 15 is 0 Å². The van der Waals surface area contributed by atoms with E-state index in [9.17, 15) is 5.11 Å². The second-order valence-corrected chi connectivity index (χ2v) is 9.04. The Morgan fingerprint density at radius 2 is 1.83 bits per heavy atom. The first kappa shape index (κ1) is 23.3. The molecule has 8 atom stereocenters. The molecule has 0 bridgehead atoms. The van der Waals surface area contributed by atoms with Crippen LogP contribution in [0, 0.1) is 23.7 Å². The Kier molecular flexibility index (Phi) is 7.61. The largest absolute Gasteiger partial charge is 0.497 e. The number of ether oxygens (including phenoxy) is 4. The smallest absolute Gasteiger partial charge is 0.193 e. The summed E-state index contributed by atoms with van der Waals surface area (Å²) in [5.74, 6) is 0.338. The number of aliphatic hydroxyl groups is 1. The summed E-state index contributed by atoms with van der Waals surface area (Å²) in [7, 11) is 1.66. The Bertz CT molecular complexity index is 702. The molecule has 2 heterocycles. The van der Waals surface area contributed by atoms with Gasteiger partial charge in [0.2, 0.25) is 0 Å². The monoisotopic (exact) mass is 418 g/mol. The highest BCUT2D eigenvalue weighted by Gasteiger charge is 2.53. The molecule has 3 rings (SSSR count). The van der Waals surface area contributed by atoms with Gasteiger partial charge in [0.05, 0.1) is 38.6 Å². The van der Waals surface area contributed by atoms with Gasteiger partial charge < -0.3 is 24.1 Å². The van der Waals surface area contributed by atoms with Gasteiger partial charge in [-0.15, -0.1) is 0 Å². The lowest BCUT2D eigenvalue weighted by molar-refractivity contribution is -0.337. The summed E-state index contributed by atoms with van der Waals surface area (Å²) in [6.45, 7) is 11.5. The van der Waals surface area contributed by atoms with Crippen molar-refractivity contribution in [2.45, 2.75) is 71.7 Å². The molecular formula is C25H38O5. The molecule has 1 aromatic rings. The number of hydrogen-bond donors (Lipinski definition) is 1. The van der Waals surface area contributed by atoms with E-state index in [1.807, 2.05) is 37.3 Å². The van der Waals surface area contributed by atoms with Crippen LogP contribution in [0.15, 0.2) is 36.4 Å². The normalized spacial score (nSPS) is 37.3. The average molecular weight is 419 g/mol. The minimum absolute atomic E-state index is 0.00131. The van der Waals surface area contributed by atoms with Crippen LogP contribution in [-0.4, -0.2) is 42.9 Å². The molecule has 5 nitrogen and oxygen atoms in total. The van der Waals surface area contributed by atoms with Crippen LogP contribution >= 0.6 is 0 Å². The van der Waals surface area contributed by atoms with Gasteiger partial charge in [-0.2, -0.15) is 0 Å². The van der Waals surface area contributed by atoms with Crippen LogP contribution in [0.3, 0.4) is 0 Å². The van der Waals surface area contributed by atoms with Gasteiger partial charge in [0.25, 0.3) is 0 Å². The molecule has 2 aliphatic heterocycles. The Hall–Kier alpha value is -1.40. The van der Waals surface area contributed by atoms with Gasteiger partial charge in [-0.3, -0.25) is 0 Å². The van der Waals surface area contributed by atoms with Gasteiger partial charge in [-0.1, -0.05) is 45.9 Å². The molecule has 1 fully saturated rings. The first-order valence-corrected chi connectivity index (χ1v) is 11.2. The fourth-order valence-electron chi connectivity index (χ4n) is 4.75. The summed E-state index contributed by atoms with van der Waals surface area (Å²) in [4.78, 5) is 0. The molecule has 1 saturated heterocycles. The highest BCUT2D eigenvalue weighted by atomic mass is 16.7. The number of rotatable bonds is 7. The van der Waals surface area contributed by atoms with E-state index < -0.39 is 11.9 Å². The molecule has 0 amide bonds. The molecule has 0 unspecified atom stereocenters. The number of hydrogen-bond acceptors (Lipinski definition) is 5. The van der Waals surface area contributed by atoms with Crippen LogP contribution in [0.2, 0.25) is 0 Å². The summed E-state index contributed by atoms with van der Waals surface area (Å²) >= 11 is 0. The summed E-state index contributed by atoms with van der Waals surface area (Å²) in [5, 5.41) is 11.0. The van der Waals surface area contributed by atoms with E-state index in [0.29, 0.717) is 19.1 Å². The minimum atomic E-state index is -0.869. The molecule has 0 radical (unpaired) electrons. The second-order valence-electron chi connectivity index (χ2n) is 9.04. The third kappa shape index (κ3) is 4.75. The van der Waals surface area contributed by atoms with Gasteiger partial charge in [0.1, 0.15) is 5.75 Å². The van der Waals surface area contributed by atoms with Crippen LogP contribution in [0.4, 0.5) is 0 Å². The van der Waals surface area contributed by atoms with Crippen molar-refractivity contribution in [1.82, 2.24) is 0 Å². The molecule has 2 aliphatic rings. The predicted octanol–water partition coefficient (Wildman–Crippen LogP) is 4.58. The molecule has 168 valence electrons. The Morgan fingerprint density at radius 3 is 2.43 bits per heavy atom. The van der Waals surface area contributed by atoms with E-state index in [1.165, 1.54) is 0 Å². The van der Waals surface area contributed by atoms with Crippen molar-refractivity contribution in [3.8, 4) is 5.75 Å². The van der Waals surface area contributed by atoms with Gasteiger partial charge >= 0.3 is 0 Å².